The van der Waals surface area contributed by atoms with Gasteiger partial charge in [0.25, 0.3) is 0 Å². The molecule has 0 saturated carbocycles. The number of carbonyl (C=O) groups is 1. The van der Waals surface area contributed by atoms with Crippen LogP contribution in [-0.4, -0.2) is 25.6 Å². The smallest absolute Gasteiger partial charge is 0.244 e. The molecule has 0 aliphatic carbocycles. The lowest BCUT2D eigenvalue weighted by atomic mass is 9.91. The summed E-state index contributed by atoms with van der Waals surface area (Å²) >= 11 is 0. The van der Waals surface area contributed by atoms with Gasteiger partial charge in [-0.1, -0.05) is 32.9 Å². The number of aromatic nitrogens is 1. The van der Waals surface area contributed by atoms with E-state index >= 15 is 0 Å². The lowest BCUT2D eigenvalue weighted by molar-refractivity contribution is -0.116. The molecule has 1 aromatic heterocycles. The zero-order valence-electron chi connectivity index (χ0n) is 16.3. The van der Waals surface area contributed by atoms with Gasteiger partial charge in [0.2, 0.25) is 15.9 Å². The van der Waals surface area contributed by atoms with Crippen LogP contribution in [-0.2, 0) is 26.8 Å². The van der Waals surface area contributed by atoms with Crippen LogP contribution < -0.4 is 10.0 Å². The summed E-state index contributed by atoms with van der Waals surface area (Å²) in [5.74, 6) is -1.05. The van der Waals surface area contributed by atoms with Crippen molar-refractivity contribution >= 4 is 27.7 Å². The van der Waals surface area contributed by atoms with Crippen LogP contribution in [0.2, 0.25) is 0 Å². The maximum absolute atomic E-state index is 13.9. The van der Waals surface area contributed by atoms with Gasteiger partial charge in [0.15, 0.2) is 0 Å². The minimum absolute atomic E-state index is 0.0404. The molecule has 150 valence electrons. The second-order valence-electron chi connectivity index (χ2n) is 7.47. The van der Waals surface area contributed by atoms with Crippen molar-refractivity contribution in [2.75, 3.05) is 11.0 Å². The number of carbonyl (C=O) groups excluding carboxylic acids is 1. The number of hydrogen-bond donors (Lipinski definition) is 2. The molecule has 0 aliphatic rings. The van der Waals surface area contributed by atoms with Gasteiger partial charge < -0.3 is 5.32 Å². The molecule has 1 aromatic carbocycles. The van der Waals surface area contributed by atoms with Crippen molar-refractivity contribution in [3.63, 3.8) is 0 Å². The van der Waals surface area contributed by atoms with Gasteiger partial charge in [-0.3, -0.25) is 14.5 Å². The minimum Gasteiger partial charge on any atom is -0.348 e. The summed E-state index contributed by atoms with van der Waals surface area (Å²) in [7, 11) is -3.56. The van der Waals surface area contributed by atoms with Crippen molar-refractivity contribution in [2.24, 2.45) is 0 Å². The predicted molar refractivity (Wildman–Crippen MR) is 109 cm³/mol. The fourth-order valence-electron chi connectivity index (χ4n) is 2.32. The Morgan fingerprint density at radius 2 is 1.93 bits per heavy atom. The van der Waals surface area contributed by atoms with Crippen molar-refractivity contribution in [3.05, 3.63) is 65.2 Å². The molecule has 2 N–H and O–H groups in total. The van der Waals surface area contributed by atoms with E-state index in [2.05, 4.69) is 35.8 Å². The second-order valence-corrected chi connectivity index (χ2v) is 9.21. The third-order valence-corrected chi connectivity index (χ3v) is 4.37. The van der Waals surface area contributed by atoms with Crippen LogP contribution in [0.15, 0.2) is 42.6 Å². The number of benzene rings is 1. The molecule has 6 nitrogen and oxygen atoms in total. The Morgan fingerprint density at radius 1 is 1.21 bits per heavy atom. The van der Waals surface area contributed by atoms with Crippen LogP contribution in [0.3, 0.4) is 0 Å². The summed E-state index contributed by atoms with van der Waals surface area (Å²) < 4.78 is 38.3. The van der Waals surface area contributed by atoms with Crippen LogP contribution in [0.4, 0.5) is 10.1 Å². The molecular weight excluding hydrogens is 381 g/mol. The molecular formula is C20H24FN3O3S. The average molecular weight is 405 g/mol. The Morgan fingerprint density at radius 3 is 2.46 bits per heavy atom. The van der Waals surface area contributed by atoms with Crippen LogP contribution in [0, 0.1) is 5.82 Å². The third kappa shape index (κ3) is 6.77. The largest absolute Gasteiger partial charge is 0.348 e. The first-order valence-corrected chi connectivity index (χ1v) is 10.5. The van der Waals surface area contributed by atoms with E-state index < -0.39 is 15.8 Å². The first-order chi connectivity index (χ1) is 12.9. The molecule has 0 saturated heterocycles. The number of anilines is 1. The SMILES string of the molecule is CC(C)(C)c1ccc(C=CC(=O)NCc2ccc(NS(C)(=O)=O)c(F)c2)cn1. The minimum atomic E-state index is -3.56. The van der Waals surface area contributed by atoms with Crippen LogP contribution in [0.1, 0.15) is 37.6 Å². The maximum atomic E-state index is 13.9. The van der Waals surface area contributed by atoms with E-state index in [-0.39, 0.29) is 23.6 Å². The van der Waals surface area contributed by atoms with Gasteiger partial charge in [0.05, 0.1) is 11.9 Å². The number of sulfonamides is 1. The van der Waals surface area contributed by atoms with Crippen molar-refractivity contribution in [1.82, 2.24) is 10.3 Å². The van der Waals surface area contributed by atoms with Gasteiger partial charge in [-0.25, -0.2) is 12.8 Å². The van der Waals surface area contributed by atoms with Gasteiger partial charge in [0.1, 0.15) is 5.82 Å². The Hall–Kier alpha value is -2.74. The highest BCUT2D eigenvalue weighted by Gasteiger charge is 2.14. The van der Waals surface area contributed by atoms with Crippen molar-refractivity contribution < 1.29 is 17.6 Å². The van der Waals surface area contributed by atoms with E-state index in [0.717, 1.165) is 17.5 Å². The van der Waals surface area contributed by atoms with Gasteiger partial charge in [-0.2, -0.15) is 0 Å². The number of amides is 1. The van der Waals surface area contributed by atoms with Crippen LogP contribution >= 0.6 is 0 Å². The highest BCUT2D eigenvalue weighted by Crippen LogP contribution is 2.20. The lowest BCUT2D eigenvalue weighted by Gasteiger charge is -2.17. The zero-order chi connectivity index (χ0) is 20.9. The van der Waals surface area contributed by atoms with Gasteiger partial charge in [-0.05, 0) is 35.4 Å². The van der Waals surface area contributed by atoms with E-state index in [4.69, 9.17) is 0 Å². The number of rotatable bonds is 6. The molecule has 0 aliphatic heterocycles. The van der Waals surface area contributed by atoms with Gasteiger partial charge >= 0.3 is 0 Å². The van der Waals surface area contributed by atoms with E-state index in [1.165, 1.54) is 24.3 Å². The molecule has 0 radical (unpaired) electrons. The Bertz CT molecular complexity index is 979. The molecule has 2 aromatic rings. The molecule has 2 rings (SSSR count). The molecule has 1 heterocycles. The first kappa shape index (κ1) is 21.6. The number of hydrogen-bond acceptors (Lipinski definition) is 4. The lowest BCUT2D eigenvalue weighted by Crippen LogP contribution is -2.20. The Labute approximate surface area is 164 Å². The van der Waals surface area contributed by atoms with E-state index in [0.29, 0.717) is 5.56 Å². The molecule has 0 bridgehead atoms. The summed E-state index contributed by atoms with van der Waals surface area (Å²) in [6.45, 7) is 6.33. The molecule has 0 atom stereocenters. The summed E-state index contributed by atoms with van der Waals surface area (Å²) in [6, 6.07) is 7.84. The third-order valence-electron chi connectivity index (χ3n) is 3.78. The van der Waals surface area contributed by atoms with Gasteiger partial charge in [0, 0.05) is 29.9 Å². The summed E-state index contributed by atoms with van der Waals surface area (Å²) in [6.07, 6.45) is 5.67. The zero-order valence-corrected chi connectivity index (χ0v) is 17.1. The molecule has 0 unspecified atom stereocenters. The second kappa shape index (κ2) is 8.52. The first-order valence-electron chi connectivity index (χ1n) is 8.63. The molecule has 0 spiro atoms. The standard InChI is InChI=1S/C20H24FN3O3S/c1-20(2,3)18-9-6-14(12-22-18)7-10-19(25)23-13-15-5-8-17(16(21)11-15)24-28(4,26)27/h5-12,24H,13H2,1-4H3,(H,23,25). The van der Waals surface area contributed by atoms with Crippen molar-refractivity contribution in [1.29, 1.82) is 0 Å². The monoisotopic (exact) mass is 405 g/mol. The van der Waals surface area contributed by atoms with E-state index in [9.17, 15) is 17.6 Å². The number of halogens is 1. The highest BCUT2D eigenvalue weighted by molar-refractivity contribution is 7.92. The number of nitrogens with one attached hydrogen (secondary N) is 2. The fourth-order valence-corrected chi connectivity index (χ4v) is 2.88. The van der Waals surface area contributed by atoms with E-state index in [1.807, 2.05) is 12.1 Å². The van der Waals surface area contributed by atoms with Crippen molar-refractivity contribution in [3.8, 4) is 0 Å². The Kier molecular flexibility index (Phi) is 6.56. The summed E-state index contributed by atoms with van der Waals surface area (Å²) in [4.78, 5) is 16.3. The number of nitrogens with zero attached hydrogens (tertiary/aromatic N) is 1. The fraction of sp³-hybridized carbons (Fsp3) is 0.300. The van der Waals surface area contributed by atoms with Gasteiger partial charge in [-0.15, -0.1) is 0 Å². The summed E-state index contributed by atoms with van der Waals surface area (Å²) in [5, 5.41) is 2.65. The predicted octanol–water partition coefficient (Wildman–Crippen LogP) is 3.22. The van der Waals surface area contributed by atoms with Crippen molar-refractivity contribution in [2.45, 2.75) is 32.7 Å². The highest BCUT2D eigenvalue weighted by atomic mass is 32.2. The normalized spacial score (nSPS) is 12.2. The van der Waals surface area contributed by atoms with E-state index in [1.54, 1.807) is 12.3 Å². The molecule has 28 heavy (non-hydrogen) atoms. The maximum Gasteiger partial charge on any atom is 0.244 e. The summed E-state index contributed by atoms with van der Waals surface area (Å²) in [5.41, 5.74) is 2.09. The number of pyridine rings is 1. The quantitative estimate of drug-likeness (QED) is 0.723. The molecule has 0 fully saturated rings. The Balaban J connectivity index is 1.93. The van der Waals surface area contributed by atoms with Crippen LogP contribution in [0.25, 0.3) is 6.08 Å². The molecule has 1 amide bonds. The molecule has 8 heteroatoms. The average Bonchev–Trinajstić information content (AvgIpc) is 2.59. The van der Waals surface area contributed by atoms with Crippen LogP contribution in [0.5, 0.6) is 0 Å². The topological polar surface area (TPSA) is 88.2 Å².